The number of hydrogen-bond donors (Lipinski definition) is 1. The number of rotatable bonds is 1. The number of imidazole rings is 1. The van der Waals surface area contributed by atoms with Gasteiger partial charge in [0.15, 0.2) is 5.65 Å². The number of nitrogens with one attached hydrogen (secondary N) is 1. The number of hydrogen-bond acceptors (Lipinski definition) is 4. The van der Waals surface area contributed by atoms with Crippen LogP contribution < -0.4 is 0 Å². The Morgan fingerprint density at radius 2 is 2.38 bits per heavy atom. The SMILES string of the molecule is COC(=O)c1cnc2nc[nH]c2c1. The molecule has 0 atom stereocenters. The fourth-order valence-electron chi connectivity index (χ4n) is 1.06. The molecule has 0 saturated heterocycles. The van der Waals surface area contributed by atoms with Crippen molar-refractivity contribution >= 4 is 17.1 Å². The van der Waals surface area contributed by atoms with Gasteiger partial charge in [-0.1, -0.05) is 0 Å². The average molecular weight is 177 g/mol. The Morgan fingerprint density at radius 1 is 1.54 bits per heavy atom. The van der Waals surface area contributed by atoms with Crippen LogP contribution in [-0.4, -0.2) is 28.0 Å². The molecule has 1 N–H and O–H groups in total. The summed E-state index contributed by atoms with van der Waals surface area (Å²) < 4.78 is 4.55. The Kier molecular flexibility index (Phi) is 1.70. The number of aromatic amines is 1. The summed E-state index contributed by atoms with van der Waals surface area (Å²) in [6.07, 6.45) is 2.97. The van der Waals surface area contributed by atoms with Gasteiger partial charge in [0.2, 0.25) is 0 Å². The second-order valence-corrected chi connectivity index (χ2v) is 2.49. The van der Waals surface area contributed by atoms with E-state index in [9.17, 15) is 4.79 Å². The van der Waals surface area contributed by atoms with Crippen molar-refractivity contribution in [2.75, 3.05) is 7.11 Å². The molecule has 5 heteroatoms. The van der Waals surface area contributed by atoms with Gasteiger partial charge in [-0.2, -0.15) is 0 Å². The summed E-state index contributed by atoms with van der Waals surface area (Å²) in [5.74, 6) is -0.399. The molecular formula is C8H7N3O2. The zero-order chi connectivity index (χ0) is 9.26. The first kappa shape index (κ1) is 7.72. The molecule has 0 aromatic carbocycles. The van der Waals surface area contributed by atoms with Crippen molar-refractivity contribution in [1.29, 1.82) is 0 Å². The number of methoxy groups -OCH3 is 1. The molecule has 0 spiro atoms. The lowest BCUT2D eigenvalue weighted by molar-refractivity contribution is 0.0600. The van der Waals surface area contributed by atoms with E-state index in [-0.39, 0.29) is 0 Å². The molecule has 0 bridgehead atoms. The summed E-state index contributed by atoms with van der Waals surface area (Å²) in [7, 11) is 1.33. The van der Waals surface area contributed by atoms with Crippen LogP contribution in [0.15, 0.2) is 18.6 Å². The molecule has 2 aromatic heterocycles. The predicted octanol–water partition coefficient (Wildman–Crippen LogP) is 0.744. The van der Waals surface area contributed by atoms with Crippen LogP contribution in [0, 0.1) is 0 Å². The lowest BCUT2D eigenvalue weighted by atomic mass is 10.3. The first-order valence-corrected chi connectivity index (χ1v) is 3.68. The summed E-state index contributed by atoms with van der Waals surface area (Å²) in [5.41, 5.74) is 1.73. The van der Waals surface area contributed by atoms with Crippen LogP contribution in [0.3, 0.4) is 0 Å². The number of pyridine rings is 1. The fraction of sp³-hybridized carbons (Fsp3) is 0.125. The Bertz CT molecular complexity index is 449. The van der Waals surface area contributed by atoms with Crippen LogP contribution in [0.1, 0.15) is 10.4 Å². The predicted molar refractivity (Wildman–Crippen MR) is 45.2 cm³/mol. The van der Waals surface area contributed by atoms with Crippen molar-refractivity contribution in [2.45, 2.75) is 0 Å². The molecule has 5 nitrogen and oxygen atoms in total. The highest BCUT2D eigenvalue weighted by Crippen LogP contribution is 2.08. The molecule has 0 radical (unpaired) electrons. The van der Waals surface area contributed by atoms with Gasteiger partial charge < -0.3 is 9.72 Å². The summed E-state index contributed by atoms with van der Waals surface area (Å²) in [6.45, 7) is 0. The number of aromatic nitrogens is 3. The second-order valence-electron chi connectivity index (χ2n) is 2.49. The number of ether oxygens (including phenoxy) is 1. The van der Waals surface area contributed by atoms with Crippen LogP contribution in [-0.2, 0) is 4.74 Å². The number of carbonyl (C=O) groups excluding carboxylic acids is 1. The summed E-state index contributed by atoms with van der Waals surface area (Å²) in [5, 5.41) is 0. The zero-order valence-electron chi connectivity index (χ0n) is 6.94. The van der Waals surface area contributed by atoms with Crippen LogP contribution in [0.4, 0.5) is 0 Å². The molecule has 0 aliphatic rings. The van der Waals surface area contributed by atoms with E-state index >= 15 is 0 Å². The Labute approximate surface area is 73.8 Å². The molecule has 2 heterocycles. The Balaban J connectivity index is 2.54. The van der Waals surface area contributed by atoms with E-state index in [1.54, 1.807) is 6.07 Å². The molecule has 0 amide bonds. The smallest absolute Gasteiger partial charge is 0.339 e. The zero-order valence-corrected chi connectivity index (χ0v) is 6.94. The lowest BCUT2D eigenvalue weighted by Crippen LogP contribution is -2.01. The van der Waals surface area contributed by atoms with Crippen molar-refractivity contribution in [3.05, 3.63) is 24.2 Å². The molecule has 13 heavy (non-hydrogen) atoms. The number of nitrogens with zero attached hydrogens (tertiary/aromatic N) is 2. The van der Waals surface area contributed by atoms with Gasteiger partial charge in [-0.25, -0.2) is 14.8 Å². The van der Waals surface area contributed by atoms with Crippen LogP contribution in [0.5, 0.6) is 0 Å². The van der Waals surface area contributed by atoms with Gasteiger partial charge in [0.25, 0.3) is 0 Å². The molecule has 0 saturated carbocycles. The van der Waals surface area contributed by atoms with Gasteiger partial charge in [-0.3, -0.25) is 0 Å². The van der Waals surface area contributed by atoms with Gasteiger partial charge in [-0.05, 0) is 6.07 Å². The first-order valence-electron chi connectivity index (χ1n) is 3.68. The fourth-order valence-corrected chi connectivity index (χ4v) is 1.06. The third kappa shape index (κ3) is 1.24. The summed E-state index contributed by atoms with van der Waals surface area (Å²) in [6, 6.07) is 1.65. The van der Waals surface area contributed by atoms with Crippen molar-refractivity contribution < 1.29 is 9.53 Å². The van der Waals surface area contributed by atoms with Crippen molar-refractivity contribution in [1.82, 2.24) is 15.0 Å². The molecule has 2 aromatic rings. The highest BCUT2D eigenvalue weighted by atomic mass is 16.5. The minimum Gasteiger partial charge on any atom is -0.465 e. The highest BCUT2D eigenvalue weighted by Gasteiger charge is 2.07. The minimum absolute atomic E-state index is 0.399. The van der Waals surface area contributed by atoms with Crippen LogP contribution >= 0.6 is 0 Å². The maximum absolute atomic E-state index is 11.1. The Morgan fingerprint density at radius 3 is 3.15 bits per heavy atom. The number of esters is 1. The third-order valence-corrected chi connectivity index (χ3v) is 1.69. The lowest BCUT2D eigenvalue weighted by Gasteiger charge is -1.96. The molecule has 0 unspecified atom stereocenters. The molecule has 0 aliphatic heterocycles. The van der Waals surface area contributed by atoms with Crippen molar-refractivity contribution in [3.8, 4) is 0 Å². The van der Waals surface area contributed by atoms with Crippen LogP contribution in [0.2, 0.25) is 0 Å². The van der Waals surface area contributed by atoms with Gasteiger partial charge in [0.1, 0.15) is 0 Å². The largest absolute Gasteiger partial charge is 0.465 e. The van der Waals surface area contributed by atoms with E-state index in [0.29, 0.717) is 11.2 Å². The number of H-pyrrole nitrogens is 1. The van der Waals surface area contributed by atoms with E-state index < -0.39 is 5.97 Å². The van der Waals surface area contributed by atoms with E-state index in [4.69, 9.17) is 0 Å². The van der Waals surface area contributed by atoms with Crippen molar-refractivity contribution in [3.63, 3.8) is 0 Å². The van der Waals surface area contributed by atoms with Crippen LogP contribution in [0.25, 0.3) is 11.2 Å². The monoisotopic (exact) mass is 177 g/mol. The summed E-state index contributed by atoms with van der Waals surface area (Å²) >= 11 is 0. The van der Waals surface area contributed by atoms with E-state index in [1.807, 2.05) is 0 Å². The maximum atomic E-state index is 11.1. The normalized spacial score (nSPS) is 10.2. The van der Waals surface area contributed by atoms with Gasteiger partial charge in [0, 0.05) is 6.20 Å². The van der Waals surface area contributed by atoms with E-state index in [2.05, 4.69) is 19.7 Å². The molecule has 2 rings (SSSR count). The average Bonchev–Trinajstić information content (AvgIpc) is 2.63. The molecular weight excluding hydrogens is 170 g/mol. The second kappa shape index (κ2) is 2.85. The van der Waals surface area contributed by atoms with Gasteiger partial charge in [-0.15, -0.1) is 0 Å². The number of carbonyl (C=O) groups is 1. The topological polar surface area (TPSA) is 67.9 Å². The van der Waals surface area contributed by atoms with E-state index in [1.165, 1.54) is 19.6 Å². The van der Waals surface area contributed by atoms with E-state index in [0.717, 1.165) is 5.52 Å². The minimum atomic E-state index is -0.399. The first-order chi connectivity index (χ1) is 6.31. The van der Waals surface area contributed by atoms with Gasteiger partial charge >= 0.3 is 5.97 Å². The maximum Gasteiger partial charge on any atom is 0.339 e. The van der Waals surface area contributed by atoms with Crippen molar-refractivity contribution in [2.24, 2.45) is 0 Å². The highest BCUT2D eigenvalue weighted by molar-refractivity contribution is 5.92. The standard InChI is InChI=1S/C8H7N3O2/c1-13-8(12)5-2-6-7(9-3-5)11-4-10-6/h2-4H,1H3,(H,9,10,11). The third-order valence-electron chi connectivity index (χ3n) is 1.69. The van der Waals surface area contributed by atoms with Gasteiger partial charge in [0.05, 0.1) is 24.5 Å². The quantitative estimate of drug-likeness (QED) is 0.652. The molecule has 0 aliphatic carbocycles. The molecule has 0 fully saturated rings. The molecule has 66 valence electrons. The summed E-state index contributed by atoms with van der Waals surface area (Å²) in [4.78, 5) is 21.8. The Hall–Kier alpha value is -1.91. The number of fused-ring (bicyclic) bond motifs is 1.